The molecule has 0 bridgehead atoms. The van der Waals surface area contributed by atoms with Gasteiger partial charge in [-0.15, -0.1) is 0 Å². The lowest BCUT2D eigenvalue weighted by Gasteiger charge is -2.37. The number of fused-ring (bicyclic) bond motifs is 1. The summed E-state index contributed by atoms with van der Waals surface area (Å²) in [6.07, 6.45) is 2.04. The SMILES string of the molecule is CC1(C)CCC(NC(=O)COCc2ccccc2)c2ccccc21. The normalized spacial score (nSPS) is 18.7. The highest BCUT2D eigenvalue weighted by Gasteiger charge is 2.32. The number of rotatable bonds is 5. The number of ether oxygens (including phenoxy) is 1. The lowest BCUT2D eigenvalue weighted by molar-refractivity contribution is -0.127. The second-order valence-electron chi connectivity index (χ2n) is 7.11. The Morgan fingerprint density at radius 1 is 1.12 bits per heavy atom. The zero-order valence-corrected chi connectivity index (χ0v) is 14.4. The van der Waals surface area contributed by atoms with Crippen LogP contribution in [0, 0.1) is 0 Å². The third-order valence-electron chi connectivity index (χ3n) is 4.80. The van der Waals surface area contributed by atoms with E-state index in [0.29, 0.717) is 6.61 Å². The number of hydrogen-bond donors (Lipinski definition) is 1. The molecule has 1 aliphatic carbocycles. The summed E-state index contributed by atoms with van der Waals surface area (Å²) < 4.78 is 5.54. The third kappa shape index (κ3) is 3.85. The number of hydrogen-bond acceptors (Lipinski definition) is 2. The second-order valence-corrected chi connectivity index (χ2v) is 7.11. The molecule has 3 nitrogen and oxygen atoms in total. The number of nitrogens with one attached hydrogen (secondary N) is 1. The minimum atomic E-state index is -0.0505. The Morgan fingerprint density at radius 3 is 2.62 bits per heavy atom. The molecule has 0 radical (unpaired) electrons. The molecule has 126 valence electrons. The first kappa shape index (κ1) is 16.7. The fourth-order valence-electron chi connectivity index (χ4n) is 3.43. The van der Waals surface area contributed by atoms with Gasteiger partial charge in [0.15, 0.2) is 0 Å². The van der Waals surface area contributed by atoms with E-state index in [2.05, 4.69) is 37.4 Å². The third-order valence-corrected chi connectivity index (χ3v) is 4.80. The average Bonchev–Trinajstić information content (AvgIpc) is 2.59. The molecule has 2 aromatic rings. The highest BCUT2D eigenvalue weighted by atomic mass is 16.5. The number of benzene rings is 2. The molecule has 1 aliphatic rings. The van der Waals surface area contributed by atoms with Gasteiger partial charge in [-0.1, -0.05) is 68.4 Å². The van der Waals surface area contributed by atoms with Crippen molar-refractivity contribution in [3.8, 4) is 0 Å². The quantitative estimate of drug-likeness (QED) is 0.898. The summed E-state index contributed by atoms with van der Waals surface area (Å²) >= 11 is 0. The Balaban J connectivity index is 1.57. The highest BCUT2D eigenvalue weighted by molar-refractivity contribution is 5.77. The van der Waals surface area contributed by atoms with Crippen molar-refractivity contribution in [2.75, 3.05) is 6.61 Å². The van der Waals surface area contributed by atoms with Crippen LogP contribution in [0.1, 0.15) is 49.4 Å². The molecular weight excluding hydrogens is 298 g/mol. The molecule has 2 aromatic carbocycles. The molecule has 0 heterocycles. The van der Waals surface area contributed by atoms with Crippen LogP contribution in [-0.2, 0) is 21.6 Å². The molecule has 1 atom stereocenters. The van der Waals surface area contributed by atoms with Crippen LogP contribution < -0.4 is 5.32 Å². The van der Waals surface area contributed by atoms with Gasteiger partial charge >= 0.3 is 0 Å². The summed E-state index contributed by atoms with van der Waals surface area (Å²) in [5, 5.41) is 3.14. The lowest BCUT2D eigenvalue weighted by atomic mass is 9.71. The van der Waals surface area contributed by atoms with E-state index in [0.717, 1.165) is 18.4 Å². The van der Waals surface area contributed by atoms with Crippen LogP contribution in [0.25, 0.3) is 0 Å². The van der Waals surface area contributed by atoms with Gasteiger partial charge in [0.25, 0.3) is 0 Å². The second kappa shape index (κ2) is 7.18. The Hall–Kier alpha value is -2.13. The van der Waals surface area contributed by atoms with Gasteiger partial charge in [0.1, 0.15) is 6.61 Å². The summed E-state index contributed by atoms with van der Waals surface area (Å²) in [4.78, 5) is 12.2. The molecule has 0 aliphatic heterocycles. The molecule has 3 rings (SSSR count). The van der Waals surface area contributed by atoms with Crippen molar-refractivity contribution in [2.24, 2.45) is 0 Å². The molecule has 0 saturated heterocycles. The van der Waals surface area contributed by atoms with Crippen LogP contribution in [0.3, 0.4) is 0 Å². The molecule has 3 heteroatoms. The Kier molecular flexibility index (Phi) is 5.00. The summed E-state index contributed by atoms with van der Waals surface area (Å²) in [6, 6.07) is 18.4. The van der Waals surface area contributed by atoms with E-state index < -0.39 is 0 Å². The number of amides is 1. The van der Waals surface area contributed by atoms with Crippen molar-refractivity contribution in [3.05, 3.63) is 71.3 Å². The van der Waals surface area contributed by atoms with Crippen LogP contribution in [-0.4, -0.2) is 12.5 Å². The van der Waals surface area contributed by atoms with Crippen LogP contribution in [0.5, 0.6) is 0 Å². The minimum absolute atomic E-state index is 0.0505. The van der Waals surface area contributed by atoms with Crippen LogP contribution in [0.4, 0.5) is 0 Å². The van der Waals surface area contributed by atoms with E-state index >= 15 is 0 Å². The predicted octanol–water partition coefficient (Wildman–Crippen LogP) is 4.13. The van der Waals surface area contributed by atoms with Gasteiger partial charge in [-0.25, -0.2) is 0 Å². The topological polar surface area (TPSA) is 38.3 Å². The first-order valence-electron chi connectivity index (χ1n) is 8.57. The molecule has 1 amide bonds. The van der Waals surface area contributed by atoms with Gasteiger partial charge in [0, 0.05) is 0 Å². The maximum Gasteiger partial charge on any atom is 0.246 e. The van der Waals surface area contributed by atoms with E-state index in [-0.39, 0.29) is 24.0 Å². The van der Waals surface area contributed by atoms with E-state index in [1.807, 2.05) is 36.4 Å². The molecule has 0 fully saturated rings. The van der Waals surface area contributed by atoms with Gasteiger partial charge in [-0.2, -0.15) is 0 Å². The smallest absolute Gasteiger partial charge is 0.246 e. The van der Waals surface area contributed by atoms with Crippen molar-refractivity contribution in [3.63, 3.8) is 0 Å². The van der Waals surface area contributed by atoms with Gasteiger partial charge in [-0.05, 0) is 34.9 Å². The van der Waals surface area contributed by atoms with Crippen LogP contribution in [0.15, 0.2) is 54.6 Å². The van der Waals surface area contributed by atoms with Gasteiger partial charge in [0.05, 0.1) is 12.6 Å². The van der Waals surface area contributed by atoms with E-state index in [1.54, 1.807) is 0 Å². The molecule has 0 aromatic heterocycles. The van der Waals surface area contributed by atoms with Crippen molar-refractivity contribution in [1.82, 2.24) is 5.32 Å². The Morgan fingerprint density at radius 2 is 1.83 bits per heavy atom. The molecule has 24 heavy (non-hydrogen) atoms. The molecule has 1 N–H and O–H groups in total. The first-order valence-corrected chi connectivity index (χ1v) is 8.57. The molecular formula is C21H25NO2. The minimum Gasteiger partial charge on any atom is -0.367 e. The molecule has 0 saturated carbocycles. The number of carbonyl (C=O) groups is 1. The van der Waals surface area contributed by atoms with Crippen LogP contribution in [0.2, 0.25) is 0 Å². The van der Waals surface area contributed by atoms with Gasteiger partial charge in [-0.3, -0.25) is 4.79 Å². The zero-order chi connectivity index (χ0) is 17.0. The fraction of sp³-hybridized carbons (Fsp3) is 0.381. The summed E-state index contributed by atoms with van der Waals surface area (Å²) in [7, 11) is 0. The molecule has 1 unspecified atom stereocenters. The predicted molar refractivity (Wildman–Crippen MR) is 95.7 cm³/mol. The largest absolute Gasteiger partial charge is 0.367 e. The van der Waals surface area contributed by atoms with Gasteiger partial charge < -0.3 is 10.1 Å². The maximum atomic E-state index is 12.2. The van der Waals surface area contributed by atoms with E-state index in [9.17, 15) is 4.79 Å². The monoisotopic (exact) mass is 323 g/mol. The number of carbonyl (C=O) groups excluding carboxylic acids is 1. The van der Waals surface area contributed by atoms with Crippen LogP contribution >= 0.6 is 0 Å². The fourth-order valence-corrected chi connectivity index (χ4v) is 3.43. The average molecular weight is 323 g/mol. The Bertz CT molecular complexity index is 694. The first-order chi connectivity index (χ1) is 11.6. The van der Waals surface area contributed by atoms with E-state index in [1.165, 1.54) is 11.1 Å². The lowest BCUT2D eigenvalue weighted by Crippen LogP contribution is -2.37. The van der Waals surface area contributed by atoms with Crippen molar-refractivity contribution >= 4 is 5.91 Å². The molecule has 0 spiro atoms. The summed E-state index contributed by atoms with van der Waals surface area (Å²) in [6.45, 7) is 5.10. The van der Waals surface area contributed by atoms with Crippen molar-refractivity contribution < 1.29 is 9.53 Å². The maximum absolute atomic E-state index is 12.2. The van der Waals surface area contributed by atoms with Crippen molar-refractivity contribution in [2.45, 2.75) is 44.8 Å². The zero-order valence-electron chi connectivity index (χ0n) is 14.4. The standard InChI is InChI=1S/C21H25NO2/c1-21(2)13-12-19(17-10-6-7-11-18(17)21)22-20(23)15-24-14-16-8-4-3-5-9-16/h3-11,19H,12-15H2,1-2H3,(H,22,23). The summed E-state index contributed by atoms with van der Waals surface area (Å²) in [5.74, 6) is -0.0505. The van der Waals surface area contributed by atoms with Gasteiger partial charge in [0.2, 0.25) is 5.91 Å². The summed E-state index contributed by atoms with van der Waals surface area (Å²) in [5.41, 5.74) is 3.83. The Labute approximate surface area is 144 Å². The van der Waals surface area contributed by atoms with E-state index in [4.69, 9.17) is 4.74 Å². The highest BCUT2D eigenvalue weighted by Crippen LogP contribution is 2.41. The van der Waals surface area contributed by atoms with Crippen molar-refractivity contribution in [1.29, 1.82) is 0 Å².